The second-order valence-electron chi connectivity index (χ2n) is 5.74. The predicted molar refractivity (Wildman–Crippen MR) is 82.5 cm³/mol. The second kappa shape index (κ2) is 6.47. The lowest BCUT2D eigenvalue weighted by Gasteiger charge is -2.09. The van der Waals surface area contributed by atoms with Crippen molar-refractivity contribution in [1.82, 2.24) is 14.5 Å². The van der Waals surface area contributed by atoms with Gasteiger partial charge in [0.1, 0.15) is 6.33 Å². The van der Waals surface area contributed by atoms with Gasteiger partial charge in [-0.2, -0.15) is 18.4 Å². The van der Waals surface area contributed by atoms with Gasteiger partial charge in [-0.25, -0.2) is 4.98 Å². The summed E-state index contributed by atoms with van der Waals surface area (Å²) in [6, 6.07) is 4.83. The average Bonchev–Trinajstić information content (AvgIpc) is 3.23. The molecule has 3 rings (SSSR count). The summed E-state index contributed by atoms with van der Waals surface area (Å²) in [4.78, 5) is 17.7. The number of hydrogen-bond acceptors (Lipinski definition) is 4. The number of amides is 1. The van der Waals surface area contributed by atoms with Gasteiger partial charge in [0.15, 0.2) is 12.0 Å². The van der Waals surface area contributed by atoms with Gasteiger partial charge in [0.05, 0.1) is 17.7 Å². The molecule has 1 unspecified atom stereocenters. The number of hydrogen-bond donors (Lipinski definition) is 1. The Morgan fingerprint density at radius 1 is 1.40 bits per heavy atom. The molecule has 1 amide bonds. The standard InChI is InChI=1S/C16H14F3N5O/c17-16(18,19)12-2-1-3-13(6-12)24-8-14(21-10-24)22-15(25)11-4-5-23(7-11)9-20/h1-3,6,8,10-11H,4-5,7H2,(H,22,25). The van der Waals surface area contributed by atoms with Gasteiger partial charge in [-0.05, 0) is 24.6 Å². The number of aromatic nitrogens is 2. The highest BCUT2D eigenvalue weighted by Crippen LogP contribution is 2.30. The van der Waals surface area contributed by atoms with Crippen LogP contribution >= 0.6 is 0 Å². The van der Waals surface area contributed by atoms with Gasteiger partial charge in [-0.3, -0.25) is 4.79 Å². The summed E-state index contributed by atoms with van der Waals surface area (Å²) in [6.07, 6.45) is 0.930. The van der Waals surface area contributed by atoms with Crippen LogP contribution in [0.3, 0.4) is 0 Å². The Morgan fingerprint density at radius 3 is 2.88 bits per heavy atom. The van der Waals surface area contributed by atoms with E-state index in [1.165, 1.54) is 34.1 Å². The highest BCUT2D eigenvalue weighted by atomic mass is 19.4. The minimum absolute atomic E-state index is 0.248. The van der Waals surface area contributed by atoms with Gasteiger partial charge in [-0.15, -0.1) is 0 Å². The highest BCUT2D eigenvalue weighted by molar-refractivity contribution is 5.92. The molecule has 25 heavy (non-hydrogen) atoms. The van der Waals surface area contributed by atoms with E-state index in [1.54, 1.807) is 0 Å². The molecule has 1 aromatic heterocycles. The number of nitrogens with one attached hydrogen (secondary N) is 1. The zero-order chi connectivity index (χ0) is 18.0. The fourth-order valence-electron chi connectivity index (χ4n) is 2.66. The van der Waals surface area contributed by atoms with Crippen LogP contribution in [-0.4, -0.2) is 33.4 Å². The van der Waals surface area contributed by atoms with Gasteiger partial charge in [0.25, 0.3) is 0 Å². The summed E-state index contributed by atoms with van der Waals surface area (Å²) < 4.78 is 39.8. The number of benzene rings is 1. The molecule has 1 aliphatic heterocycles. The molecule has 0 saturated carbocycles. The molecule has 1 saturated heterocycles. The van der Waals surface area contributed by atoms with E-state index in [0.29, 0.717) is 25.2 Å². The molecule has 2 heterocycles. The Morgan fingerprint density at radius 2 is 2.20 bits per heavy atom. The van der Waals surface area contributed by atoms with Crippen molar-refractivity contribution in [2.24, 2.45) is 5.92 Å². The third kappa shape index (κ3) is 3.74. The topological polar surface area (TPSA) is 74.0 Å². The Labute approximate surface area is 141 Å². The van der Waals surface area contributed by atoms with Crippen LogP contribution in [0.25, 0.3) is 5.69 Å². The number of anilines is 1. The van der Waals surface area contributed by atoms with Gasteiger partial charge >= 0.3 is 6.18 Å². The molecule has 0 bridgehead atoms. The lowest BCUT2D eigenvalue weighted by atomic mass is 10.1. The minimum atomic E-state index is -4.43. The number of carbonyl (C=O) groups is 1. The maximum absolute atomic E-state index is 12.8. The molecular formula is C16H14F3N5O. The average molecular weight is 349 g/mol. The number of nitriles is 1. The van der Waals surface area contributed by atoms with Crippen molar-refractivity contribution in [3.63, 3.8) is 0 Å². The molecule has 9 heteroatoms. The van der Waals surface area contributed by atoms with Crippen LogP contribution in [0.5, 0.6) is 0 Å². The van der Waals surface area contributed by atoms with E-state index >= 15 is 0 Å². The number of alkyl halides is 3. The lowest BCUT2D eigenvalue weighted by molar-refractivity contribution is -0.137. The molecule has 6 nitrogen and oxygen atoms in total. The lowest BCUT2D eigenvalue weighted by Crippen LogP contribution is -2.25. The van der Waals surface area contributed by atoms with E-state index in [0.717, 1.165) is 12.1 Å². The van der Waals surface area contributed by atoms with Crippen molar-refractivity contribution in [3.05, 3.63) is 42.4 Å². The summed E-state index contributed by atoms with van der Waals surface area (Å²) in [5, 5.41) is 11.4. The smallest absolute Gasteiger partial charge is 0.310 e. The Bertz CT molecular complexity index is 824. The first-order chi connectivity index (χ1) is 11.9. The normalized spacial score (nSPS) is 17.4. The van der Waals surface area contributed by atoms with E-state index in [9.17, 15) is 18.0 Å². The van der Waals surface area contributed by atoms with Crippen LogP contribution in [-0.2, 0) is 11.0 Å². The maximum atomic E-state index is 12.8. The summed E-state index contributed by atoms with van der Waals surface area (Å²) in [5.41, 5.74) is -0.466. The van der Waals surface area contributed by atoms with Gasteiger partial charge in [0.2, 0.25) is 5.91 Å². The molecule has 0 spiro atoms. The SMILES string of the molecule is N#CN1CCC(C(=O)Nc2cn(-c3cccc(C(F)(F)F)c3)cn2)C1. The van der Waals surface area contributed by atoms with Crippen molar-refractivity contribution in [2.45, 2.75) is 12.6 Å². The summed E-state index contributed by atoms with van der Waals surface area (Å²) >= 11 is 0. The largest absolute Gasteiger partial charge is 0.416 e. The molecule has 0 aliphatic carbocycles. The number of imidazole rings is 1. The molecule has 1 N–H and O–H groups in total. The third-order valence-electron chi connectivity index (χ3n) is 4.01. The van der Waals surface area contributed by atoms with Crippen molar-refractivity contribution in [1.29, 1.82) is 5.26 Å². The second-order valence-corrected chi connectivity index (χ2v) is 5.74. The summed E-state index contributed by atoms with van der Waals surface area (Å²) in [6.45, 7) is 0.893. The first-order valence-electron chi connectivity index (χ1n) is 7.54. The van der Waals surface area contributed by atoms with Crippen LogP contribution in [0.1, 0.15) is 12.0 Å². The summed E-state index contributed by atoms with van der Waals surface area (Å²) in [5.74, 6) is -0.316. The van der Waals surface area contributed by atoms with Crippen molar-refractivity contribution >= 4 is 11.7 Å². The Kier molecular flexibility index (Phi) is 4.35. The predicted octanol–water partition coefficient (Wildman–Crippen LogP) is 2.63. The zero-order valence-electron chi connectivity index (χ0n) is 13.0. The number of likely N-dealkylation sites (tertiary alicyclic amines) is 1. The molecular weight excluding hydrogens is 335 g/mol. The van der Waals surface area contributed by atoms with Crippen molar-refractivity contribution in [2.75, 3.05) is 18.4 Å². The van der Waals surface area contributed by atoms with E-state index in [1.807, 2.05) is 6.19 Å². The molecule has 1 aliphatic rings. The van der Waals surface area contributed by atoms with E-state index < -0.39 is 11.7 Å². The number of nitrogens with zero attached hydrogens (tertiary/aromatic N) is 4. The molecule has 1 atom stereocenters. The quantitative estimate of drug-likeness (QED) is 0.865. The van der Waals surface area contributed by atoms with Crippen LogP contribution in [0.15, 0.2) is 36.8 Å². The molecule has 2 aromatic rings. The zero-order valence-corrected chi connectivity index (χ0v) is 13.0. The van der Waals surface area contributed by atoms with Crippen LogP contribution in [0.4, 0.5) is 19.0 Å². The molecule has 130 valence electrons. The highest BCUT2D eigenvalue weighted by Gasteiger charge is 2.31. The van der Waals surface area contributed by atoms with Crippen molar-refractivity contribution < 1.29 is 18.0 Å². The van der Waals surface area contributed by atoms with E-state index in [2.05, 4.69) is 10.3 Å². The Hall–Kier alpha value is -3.02. The van der Waals surface area contributed by atoms with Crippen LogP contribution in [0, 0.1) is 17.4 Å². The molecule has 1 fully saturated rings. The van der Waals surface area contributed by atoms with Crippen LogP contribution in [0.2, 0.25) is 0 Å². The number of halogens is 3. The van der Waals surface area contributed by atoms with Gasteiger partial charge in [0, 0.05) is 18.8 Å². The first kappa shape index (κ1) is 16.8. The molecule has 0 radical (unpaired) electrons. The number of rotatable bonds is 3. The van der Waals surface area contributed by atoms with Gasteiger partial charge in [-0.1, -0.05) is 6.07 Å². The molecule has 1 aromatic carbocycles. The first-order valence-corrected chi connectivity index (χ1v) is 7.54. The van der Waals surface area contributed by atoms with Crippen LogP contribution < -0.4 is 5.32 Å². The third-order valence-corrected chi connectivity index (χ3v) is 4.01. The maximum Gasteiger partial charge on any atom is 0.416 e. The summed E-state index contributed by atoms with van der Waals surface area (Å²) in [7, 11) is 0. The minimum Gasteiger partial charge on any atom is -0.310 e. The number of carbonyl (C=O) groups excluding carboxylic acids is 1. The van der Waals surface area contributed by atoms with E-state index in [4.69, 9.17) is 5.26 Å². The van der Waals surface area contributed by atoms with Gasteiger partial charge < -0.3 is 14.8 Å². The fourth-order valence-corrected chi connectivity index (χ4v) is 2.66. The Balaban J connectivity index is 1.71. The van der Waals surface area contributed by atoms with Crippen molar-refractivity contribution in [3.8, 4) is 11.9 Å². The van der Waals surface area contributed by atoms with E-state index in [-0.39, 0.29) is 17.6 Å². The monoisotopic (exact) mass is 349 g/mol. The fraction of sp³-hybridized carbons (Fsp3) is 0.312.